The van der Waals surface area contributed by atoms with E-state index in [2.05, 4.69) is 15.4 Å². The molecule has 0 atom stereocenters. The lowest BCUT2D eigenvalue weighted by Crippen LogP contribution is -2.30. The molecule has 10 heteroatoms. The number of rotatable bonds is 7. The van der Waals surface area contributed by atoms with Crippen LogP contribution in [0.2, 0.25) is 0 Å². The predicted octanol–water partition coefficient (Wildman–Crippen LogP) is 2.23. The third kappa shape index (κ3) is 6.89. The zero-order valence-corrected chi connectivity index (χ0v) is 16.0. The van der Waals surface area contributed by atoms with Gasteiger partial charge in [-0.3, -0.25) is 0 Å². The second kappa shape index (κ2) is 9.72. The molecule has 0 saturated heterocycles. The Balaban J connectivity index is 1.77. The minimum Gasteiger partial charge on any atom is -0.434 e. The van der Waals surface area contributed by atoms with Crippen LogP contribution in [0, 0.1) is 0 Å². The molecule has 9 nitrogen and oxygen atoms in total. The normalized spacial score (nSPS) is 10.8. The van der Waals surface area contributed by atoms with Crippen molar-refractivity contribution >= 4 is 27.9 Å². The molecule has 0 aromatic heterocycles. The Morgan fingerprint density at radius 3 is 2.25 bits per heavy atom. The molecule has 0 unspecified atom stereocenters. The van der Waals surface area contributed by atoms with Gasteiger partial charge in [0.2, 0.25) is 10.0 Å². The fourth-order valence-corrected chi connectivity index (χ4v) is 2.71. The highest BCUT2D eigenvalue weighted by Gasteiger charge is 2.08. The maximum absolute atomic E-state index is 11.9. The first-order valence-electron chi connectivity index (χ1n) is 8.39. The van der Waals surface area contributed by atoms with Gasteiger partial charge in [-0.25, -0.2) is 23.1 Å². The van der Waals surface area contributed by atoms with Gasteiger partial charge in [0, 0.05) is 12.2 Å². The SMILES string of the molecule is CCOC(=O)Oc1ccc(NC(=O)NCCc2ccc(S(N)(=O)=O)cc2)cc1. The Morgan fingerprint density at radius 1 is 1.04 bits per heavy atom. The van der Waals surface area contributed by atoms with Crippen LogP contribution < -0.4 is 20.5 Å². The number of nitrogens with two attached hydrogens (primary N) is 1. The van der Waals surface area contributed by atoms with Crippen LogP contribution in [0.4, 0.5) is 15.3 Å². The summed E-state index contributed by atoms with van der Waals surface area (Å²) < 4.78 is 32.0. The Labute approximate surface area is 162 Å². The second-order valence-electron chi connectivity index (χ2n) is 5.63. The Morgan fingerprint density at radius 2 is 1.68 bits per heavy atom. The summed E-state index contributed by atoms with van der Waals surface area (Å²) in [5.74, 6) is 0.298. The van der Waals surface area contributed by atoms with E-state index in [0.717, 1.165) is 5.56 Å². The van der Waals surface area contributed by atoms with Crippen LogP contribution in [-0.2, 0) is 21.2 Å². The molecule has 0 aliphatic heterocycles. The number of hydrogen-bond donors (Lipinski definition) is 3. The van der Waals surface area contributed by atoms with Gasteiger partial charge in [-0.1, -0.05) is 12.1 Å². The van der Waals surface area contributed by atoms with E-state index in [1.807, 2.05) is 0 Å². The number of anilines is 1. The zero-order chi connectivity index (χ0) is 20.6. The standard InChI is InChI=1S/C18H21N3O6S/c1-2-26-18(23)27-15-7-5-14(6-8-15)21-17(22)20-12-11-13-3-9-16(10-4-13)28(19,24)25/h3-10H,2,11-12H2,1H3,(H2,19,24,25)(H2,20,21,22). The molecule has 0 heterocycles. The molecule has 2 aromatic carbocycles. The molecule has 4 N–H and O–H groups in total. The van der Waals surface area contributed by atoms with E-state index < -0.39 is 22.2 Å². The first kappa shape index (κ1) is 21.2. The fourth-order valence-electron chi connectivity index (χ4n) is 2.19. The molecule has 2 amide bonds. The van der Waals surface area contributed by atoms with Crippen LogP contribution in [0.1, 0.15) is 12.5 Å². The summed E-state index contributed by atoms with van der Waals surface area (Å²) in [5, 5.41) is 10.4. The van der Waals surface area contributed by atoms with Crippen molar-refractivity contribution in [1.29, 1.82) is 0 Å². The molecular formula is C18H21N3O6S. The quantitative estimate of drug-likeness (QED) is 0.475. The molecule has 28 heavy (non-hydrogen) atoms. The number of urea groups is 1. The van der Waals surface area contributed by atoms with E-state index in [9.17, 15) is 18.0 Å². The number of primary sulfonamides is 1. The van der Waals surface area contributed by atoms with Crippen LogP contribution in [-0.4, -0.2) is 33.8 Å². The number of nitrogens with one attached hydrogen (secondary N) is 2. The first-order valence-corrected chi connectivity index (χ1v) is 9.94. The maximum atomic E-state index is 11.9. The lowest BCUT2D eigenvalue weighted by molar-refractivity contribution is 0.104. The molecule has 0 saturated carbocycles. The molecule has 2 aromatic rings. The Kier molecular flexibility index (Phi) is 7.36. The molecule has 0 spiro atoms. The molecule has 0 bridgehead atoms. The molecule has 0 fully saturated rings. The third-order valence-corrected chi connectivity index (χ3v) is 4.46. The first-order chi connectivity index (χ1) is 13.3. The van der Waals surface area contributed by atoms with Crippen molar-refractivity contribution in [2.24, 2.45) is 5.14 Å². The smallest absolute Gasteiger partial charge is 0.434 e. The number of carbonyl (C=O) groups is 2. The van der Waals surface area contributed by atoms with Gasteiger partial charge in [-0.15, -0.1) is 0 Å². The van der Waals surface area contributed by atoms with Crippen molar-refractivity contribution in [2.45, 2.75) is 18.2 Å². The summed E-state index contributed by atoms with van der Waals surface area (Å²) in [6, 6.07) is 11.9. The number of hydrogen-bond acceptors (Lipinski definition) is 6. The second-order valence-corrected chi connectivity index (χ2v) is 7.19. The van der Waals surface area contributed by atoms with Crippen molar-refractivity contribution in [1.82, 2.24) is 5.32 Å². The van der Waals surface area contributed by atoms with Gasteiger partial charge >= 0.3 is 12.2 Å². The minimum absolute atomic E-state index is 0.0392. The van der Waals surface area contributed by atoms with Gasteiger partial charge in [0.05, 0.1) is 11.5 Å². The lowest BCUT2D eigenvalue weighted by atomic mass is 10.1. The number of carbonyl (C=O) groups excluding carboxylic acids is 2. The van der Waals surface area contributed by atoms with Crippen molar-refractivity contribution in [3.63, 3.8) is 0 Å². The molecule has 0 aliphatic carbocycles. The van der Waals surface area contributed by atoms with Crippen LogP contribution in [0.5, 0.6) is 5.75 Å². The van der Waals surface area contributed by atoms with Gasteiger partial charge in [0.15, 0.2) is 0 Å². The summed E-state index contributed by atoms with van der Waals surface area (Å²) >= 11 is 0. The largest absolute Gasteiger partial charge is 0.513 e. The third-order valence-electron chi connectivity index (χ3n) is 3.53. The molecule has 2 rings (SSSR count). The predicted molar refractivity (Wildman–Crippen MR) is 103 cm³/mol. The van der Waals surface area contributed by atoms with Gasteiger partial charge in [-0.2, -0.15) is 0 Å². The molecule has 0 aliphatic rings. The summed E-state index contributed by atoms with van der Waals surface area (Å²) in [6.07, 6.45) is -0.275. The van der Waals surface area contributed by atoms with E-state index in [0.29, 0.717) is 24.4 Å². The number of ether oxygens (including phenoxy) is 2. The average molecular weight is 407 g/mol. The van der Waals surface area contributed by atoms with Crippen molar-refractivity contribution in [2.75, 3.05) is 18.5 Å². The average Bonchev–Trinajstić information content (AvgIpc) is 2.63. The maximum Gasteiger partial charge on any atom is 0.513 e. The lowest BCUT2D eigenvalue weighted by Gasteiger charge is -2.09. The van der Waals surface area contributed by atoms with Crippen LogP contribution >= 0.6 is 0 Å². The van der Waals surface area contributed by atoms with Crippen LogP contribution in [0.3, 0.4) is 0 Å². The van der Waals surface area contributed by atoms with E-state index in [1.165, 1.54) is 24.3 Å². The van der Waals surface area contributed by atoms with Crippen molar-refractivity contribution in [3.8, 4) is 5.75 Å². The number of amides is 2. The molecule has 0 radical (unpaired) electrons. The highest BCUT2D eigenvalue weighted by atomic mass is 32.2. The monoisotopic (exact) mass is 407 g/mol. The summed E-state index contributed by atoms with van der Waals surface area (Å²) in [6.45, 7) is 2.24. The van der Waals surface area contributed by atoms with Gasteiger partial charge < -0.3 is 20.1 Å². The molecule has 150 valence electrons. The van der Waals surface area contributed by atoms with E-state index in [4.69, 9.17) is 9.88 Å². The topological polar surface area (TPSA) is 137 Å². The van der Waals surface area contributed by atoms with Crippen LogP contribution in [0.25, 0.3) is 0 Å². The minimum atomic E-state index is -3.72. The van der Waals surface area contributed by atoms with E-state index in [-0.39, 0.29) is 11.5 Å². The van der Waals surface area contributed by atoms with E-state index >= 15 is 0 Å². The molecular weight excluding hydrogens is 386 g/mol. The van der Waals surface area contributed by atoms with Crippen molar-refractivity contribution < 1.29 is 27.5 Å². The highest BCUT2D eigenvalue weighted by Crippen LogP contribution is 2.16. The summed E-state index contributed by atoms with van der Waals surface area (Å²) in [5.41, 5.74) is 1.37. The Hall–Kier alpha value is -3.11. The summed E-state index contributed by atoms with van der Waals surface area (Å²) in [4.78, 5) is 23.2. The Bertz CT molecular complexity index is 911. The zero-order valence-electron chi connectivity index (χ0n) is 15.2. The van der Waals surface area contributed by atoms with Crippen molar-refractivity contribution in [3.05, 3.63) is 54.1 Å². The fraction of sp³-hybridized carbons (Fsp3) is 0.222. The number of benzene rings is 2. The van der Waals surface area contributed by atoms with Gasteiger partial charge in [0.25, 0.3) is 0 Å². The number of sulfonamides is 1. The van der Waals surface area contributed by atoms with E-state index in [1.54, 1.807) is 31.2 Å². The van der Waals surface area contributed by atoms with Crippen LogP contribution in [0.15, 0.2) is 53.4 Å². The van der Waals surface area contributed by atoms with Gasteiger partial charge in [0.1, 0.15) is 5.75 Å². The summed E-state index contributed by atoms with van der Waals surface area (Å²) in [7, 11) is -3.72. The van der Waals surface area contributed by atoms with Gasteiger partial charge in [-0.05, 0) is 55.3 Å². The highest BCUT2D eigenvalue weighted by molar-refractivity contribution is 7.89.